The van der Waals surface area contributed by atoms with Crippen LogP contribution in [-0.4, -0.2) is 22.8 Å². The van der Waals surface area contributed by atoms with Crippen LogP contribution in [0.3, 0.4) is 0 Å². The molecule has 1 aromatic carbocycles. The summed E-state index contributed by atoms with van der Waals surface area (Å²) < 4.78 is 5.01. The molecule has 0 radical (unpaired) electrons. The topological polar surface area (TPSA) is 87.5 Å². The number of rotatable bonds is 6. The zero-order valence-corrected chi connectivity index (χ0v) is 10.1. The lowest BCUT2D eigenvalue weighted by atomic mass is 10.0. The maximum atomic E-state index is 11.7. The predicted octanol–water partition coefficient (Wildman–Crippen LogP) is 1.86. The lowest BCUT2D eigenvalue weighted by Gasteiger charge is -2.12. The summed E-state index contributed by atoms with van der Waals surface area (Å²) >= 11 is 0. The molecular weight excluding hydrogens is 234 g/mol. The number of carboxylic acid groups (broad SMARTS) is 1. The summed E-state index contributed by atoms with van der Waals surface area (Å²) in [5, 5.41) is 16.0. The standard InChI is InChI=1S/C13H15NO4/c1-2-10(11(14)12(15)16)13(17)18-8-9-6-4-3-5-7-9/h3-7,10,14H,2,8H2,1H3,(H,15,16). The first-order valence-electron chi connectivity index (χ1n) is 5.58. The zero-order chi connectivity index (χ0) is 13.5. The molecule has 0 saturated carbocycles. The van der Waals surface area contributed by atoms with Crippen LogP contribution in [0, 0.1) is 11.3 Å². The summed E-state index contributed by atoms with van der Waals surface area (Å²) in [6.45, 7) is 1.73. The highest BCUT2D eigenvalue weighted by molar-refractivity contribution is 6.38. The molecule has 0 fully saturated rings. The van der Waals surface area contributed by atoms with E-state index in [1.807, 2.05) is 18.2 Å². The summed E-state index contributed by atoms with van der Waals surface area (Å²) in [5.41, 5.74) is 0.193. The van der Waals surface area contributed by atoms with E-state index < -0.39 is 23.6 Å². The van der Waals surface area contributed by atoms with E-state index in [1.165, 1.54) is 0 Å². The van der Waals surface area contributed by atoms with Crippen molar-refractivity contribution in [3.63, 3.8) is 0 Å². The number of benzene rings is 1. The number of aliphatic carboxylic acids is 1. The first-order chi connectivity index (χ1) is 8.56. The van der Waals surface area contributed by atoms with E-state index in [0.29, 0.717) is 0 Å². The van der Waals surface area contributed by atoms with Crippen LogP contribution in [0.5, 0.6) is 0 Å². The number of carbonyl (C=O) groups excluding carboxylic acids is 1. The molecule has 0 bridgehead atoms. The van der Waals surface area contributed by atoms with Gasteiger partial charge in [0.1, 0.15) is 18.2 Å². The van der Waals surface area contributed by atoms with E-state index in [1.54, 1.807) is 19.1 Å². The van der Waals surface area contributed by atoms with Crippen LogP contribution in [0.4, 0.5) is 0 Å². The Bertz CT molecular complexity index is 442. The van der Waals surface area contributed by atoms with Gasteiger partial charge in [0.15, 0.2) is 0 Å². The molecule has 96 valence electrons. The predicted molar refractivity (Wildman–Crippen MR) is 65.4 cm³/mol. The molecule has 5 heteroatoms. The fourth-order valence-corrected chi connectivity index (χ4v) is 1.47. The molecule has 0 amide bonds. The number of hydrogen-bond donors (Lipinski definition) is 2. The van der Waals surface area contributed by atoms with E-state index in [9.17, 15) is 9.59 Å². The SMILES string of the molecule is CCC(C(=N)C(=O)O)C(=O)OCc1ccccc1. The Balaban J connectivity index is 2.58. The third-order valence-corrected chi connectivity index (χ3v) is 2.50. The third kappa shape index (κ3) is 3.69. The Labute approximate surface area is 105 Å². The first-order valence-corrected chi connectivity index (χ1v) is 5.58. The van der Waals surface area contributed by atoms with Crippen molar-refractivity contribution in [3.05, 3.63) is 35.9 Å². The minimum atomic E-state index is -1.39. The van der Waals surface area contributed by atoms with Crippen LogP contribution in [0.2, 0.25) is 0 Å². The minimum absolute atomic E-state index is 0.0864. The molecular formula is C13H15NO4. The quantitative estimate of drug-likeness (QED) is 0.595. The molecule has 1 atom stereocenters. The van der Waals surface area contributed by atoms with E-state index in [4.69, 9.17) is 15.3 Å². The van der Waals surface area contributed by atoms with Gasteiger partial charge in [0.2, 0.25) is 0 Å². The van der Waals surface area contributed by atoms with Crippen molar-refractivity contribution in [2.24, 2.45) is 5.92 Å². The number of hydrogen-bond acceptors (Lipinski definition) is 4. The largest absolute Gasteiger partial charge is 0.477 e. The Kier molecular flexibility index (Phi) is 5.05. The van der Waals surface area contributed by atoms with Gasteiger partial charge in [-0.3, -0.25) is 10.2 Å². The number of esters is 1. The van der Waals surface area contributed by atoms with Crippen LogP contribution in [-0.2, 0) is 20.9 Å². The third-order valence-electron chi connectivity index (χ3n) is 2.50. The van der Waals surface area contributed by atoms with Crippen molar-refractivity contribution in [2.45, 2.75) is 20.0 Å². The maximum Gasteiger partial charge on any atom is 0.350 e. The fraction of sp³-hybridized carbons (Fsp3) is 0.308. The molecule has 1 rings (SSSR count). The van der Waals surface area contributed by atoms with Gasteiger partial charge in [-0.25, -0.2) is 4.79 Å². The minimum Gasteiger partial charge on any atom is -0.477 e. The van der Waals surface area contributed by atoms with Crippen LogP contribution in [0.1, 0.15) is 18.9 Å². The average Bonchev–Trinajstić information content (AvgIpc) is 2.38. The summed E-state index contributed by atoms with van der Waals surface area (Å²) in [4.78, 5) is 22.3. The molecule has 0 spiro atoms. The van der Waals surface area contributed by atoms with Crippen molar-refractivity contribution >= 4 is 17.7 Å². The lowest BCUT2D eigenvalue weighted by Crippen LogP contribution is -2.30. The van der Waals surface area contributed by atoms with Gasteiger partial charge in [0.25, 0.3) is 0 Å². The van der Waals surface area contributed by atoms with Crippen LogP contribution >= 0.6 is 0 Å². The smallest absolute Gasteiger partial charge is 0.350 e. The molecule has 0 aliphatic heterocycles. The normalized spacial score (nSPS) is 11.6. The molecule has 0 aliphatic rings. The van der Waals surface area contributed by atoms with E-state index >= 15 is 0 Å². The second kappa shape index (κ2) is 6.54. The maximum absolute atomic E-state index is 11.7. The van der Waals surface area contributed by atoms with Gasteiger partial charge < -0.3 is 9.84 Å². The van der Waals surface area contributed by atoms with Crippen molar-refractivity contribution < 1.29 is 19.4 Å². The Morgan fingerprint density at radius 2 is 1.94 bits per heavy atom. The fourth-order valence-electron chi connectivity index (χ4n) is 1.47. The Hall–Kier alpha value is -2.17. The van der Waals surface area contributed by atoms with E-state index in [-0.39, 0.29) is 13.0 Å². The number of carbonyl (C=O) groups is 2. The highest BCUT2D eigenvalue weighted by Gasteiger charge is 2.27. The molecule has 18 heavy (non-hydrogen) atoms. The molecule has 0 saturated heterocycles. The van der Waals surface area contributed by atoms with Gasteiger partial charge in [-0.15, -0.1) is 0 Å². The van der Waals surface area contributed by atoms with Crippen molar-refractivity contribution in [2.75, 3.05) is 0 Å². The molecule has 1 aromatic rings. The molecule has 5 nitrogen and oxygen atoms in total. The zero-order valence-electron chi connectivity index (χ0n) is 10.1. The highest BCUT2D eigenvalue weighted by atomic mass is 16.5. The van der Waals surface area contributed by atoms with Gasteiger partial charge in [-0.05, 0) is 12.0 Å². The van der Waals surface area contributed by atoms with E-state index in [0.717, 1.165) is 5.56 Å². The van der Waals surface area contributed by atoms with Crippen molar-refractivity contribution in [3.8, 4) is 0 Å². The summed E-state index contributed by atoms with van der Waals surface area (Å²) in [6.07, 6.45) is 0.235. The lowest BCUT2D eigenvalue weighted by molar-refractivity contribution is -0.148. The van der Waals surface area contributed by atoms with E-state index in [2.05, 4.69) is 0 Å². The number of nitrogens with one attached hydrogen (secondary N) is 1. The molecule has 0 heterocycles. The Morgan fingerprint density at radius 3 is 2.44 bits per heavy atom. The van der Waals surface area contributed by atoms with Crippen LogP contribution < -0.4 is 0 Å². The van der Waals surface area contributed by atoms with Gasteiger partial charge >= 0.3 is 11.9 Å². The van der Waals surface area contributed by atoms with Crippen LogP contribution in [0.15, 0.2) is 30.3 Å². The Morgan fingerprint density at radius 1 is 1.33 bits per heavy atom. The molecule has 0 aliphatic carbocycles. The average molecular weight is 249 g/mol. The van der Waals surface area contributed by atoms with Gasteiger partial charge in [-0.1, -0.05) is 37.3 Å². The highest BCUT2D eigenvalue weighted by Crippen LogP contribution is 2.10. The van der Waals surface area contributed by atoms with Crippen molar-refractivity contribution in [1.29, 1.82) is 5.41 Å². The monoisotopic (exact) mass is 249 g/mol. The molecule has 1 unspecified atom stereocenters. The van der Waals surface area contributed by atoms with Crippen molar-refractivity contribution in [1.82, 2.24) is 0 Å². The second-order valence-corrected chi connectivity index (χ2v) is 3.77. The molecule has 0 aromatic heterocycles. The number of carboxylic acids is 1. The summed E-state index contributed by atoms with van der Waals surface area (Å²) in [7, 11) is 0. The van der Waals surface area contributed by atoms with Gasteiger partial charge in [0, 0.05) is 0 Å². The first kappa shape index (κ1) is 13.9. The summed E-state index contributed by atoms with van der Waals surface area (Å²) in [6, 6.07) is 9.09. The van der Waals surface area contributed by atoms with Gasteiger partial charge in [-0.2, -0.15) is 0 Å². The number of ether oxygens (including phenoxy) is 1. The summed E-state index contributed by atoms with van der Waals surface area (Å²) in [5.74, 6) is -3.07. The van der Waals surface area contributed by atoms with Gasteiger partial charge in [0.05, 0.1) is 0 Å². The molecule has 2 N–H and O–H groups in total. The second-order valence-electron chi connectivity index (χ2n) is 3.77. The van der Waals surface area contributed by atoms with Crippen LogP contribution in [0.25, 0.3) is 0 Å².